The van der Waals surface area contributed by atoms with E-state index >= 15 is 0 Å². The van der Waals surface area contributed by atoms with Crippen molar-refractivity contribution in [1.82, 2.24) is 0 Å². The molecule has 2 saturated carbocycles. The van der Waals surface area contributed by atoms with Crippen LogP contribution in [-0.4, -0.2) is 29.1 Å². The molecule has 0 N–H and O–H groups in total. The van der Waals surface area contributed by atoms with E-state index in [0.29, 0.717) is 6.42 Å². The molecule has 0 aromatic heterocycles. The van der Waals surface area contributed by atoms with Crippen LogP contribution >= 0.6 is 0 Å². The van der Waals surface area contributed by atoms with Crippen molar-refractivity contribution in [3.05, 3.63) is 24.8 Å². The first kappa shape index (κ1) is 13.4. The number of hydrogen-bond acceptors (Lipinski definition) is 4. The van der Waals surface area contributed by atoms with E-state index in [2.05, 4.69) is 18.7 Å². The number of fused-ring (bicyclic) bond motifs is 6. The summed E-state index contributed by atoms with van der Waals surface area (Å²) in [5, 5.41) is 0. The topological polar surface area (TPSA) is 52.6 Å². The third kappa shape index (κ3) is 1.52. The first-order valence-corrected chi connectivity index (χ1v) is 7.65. The fourth-order valence-electron chi connectivity index (χ4n) is 4.85. The zero-order chi connectivity index (χ0) is 15.0. The van der Waals surface area contributed by atoms with Gasteiger partial charge in [0.1, 0.15) is 0 Å². The van der Waals surface area contributed by atoms with Crippen LogP contribution in [0.3, 0.4) is 0 Å². The second kappa shape index (κ2) is 3.93. The molecule has 6 unspecified atom stereocenters. The van der Waals surface area contributed by atoms with Gasteiger partial charge in [-0.3, -0.25) is 9.59 Å². The second-order valence-electron chi connectivity index (χ2n) is 7.15. The van der Waals surface area contributed by atoms with Crippen LogP contribution < -0.4 is 0 Å². The van der Waals surface area contributed by atoms with E-state index < -0.39 is 17.5 Å². The molecule has 4 heteroatoms. The van der Waals surface area contributed by atoms with Gasteiger partial charge in [-0.2, -0.15) is 0 Å². The Morgan fingerprint density at radius 2 is 1.95 bits per heavy atom. The van der Waals surface area contributed by atoms with E-state index in [-0.39, 0.29) is 35.2 Å². The molecular weight excluding hydrogens is 268 g/mol. The van der Waals surface area contributed by atoms with E-state index in [0.717, 1.165) is 6.42 Å². The Balaban J connectivity index is 1.83. The molecule has 4 aliphatic rings. The number of ketones is 2. The third-order valence-corrected chi connectivity index (χ3v) is 5.47. The number of allylic oxidation sites excluding steroid dienone is 2. The third-order valence-electron chi connectivity index (χ3n) is 5.47. The summed E-state index contributed by atoms with van der Waals surface area (Å²) < 4.78 is 11.8. The number of ether oxygens (including phenoxy) is 2. The van der Waals surface area contributed by atoms with Gasteiger partial charge in [-0.05, 0) is 32.1 Å². The van der Waals surface area contributed by atoms with E-state index in [4.69, 9.17) is 9.47 Å². The van der Waals surface area contributed by atoms with E-state index in [1.54, 1.807) is 19.9 Å². The van der Waals surface area contributed by atoms with Crippen molar-refractivity contribution in [2.75, 3.05) is 0 Å². The average molecular weight is 288 g/mol. The molecule has 3 aliphatic carbocycles. The zero-order valence-electron chi connectivity index (χ0n) is 12.4. The van der Waals surface area contributed by atoms with E-state index in [9.17, 15) is 9.59 Å². The van der Waals surface area contributed by atoms with Gasteiger partial charge in [-0.1, -0.05) is 18.2 Å². The molecule has 0 aromatic rings. The molecule has 112 valence electrons. The van der Waals surface area contributed by atoms with Crippen LogP contribution in [0.15, 0.2) is 24.8 Å². The quantitative estimate of drug-likeness (QED) is 0.730. The zero-order valence-corrected chi connectivity index (χ0v) is 12.4. The van der Waals surface area contributed by atoms with Crippen LogP contribution in [0.5, 0.6) is 0 Å². The Bertz CT molecular complexity index is 575. The van der Waals surface area contributed by atoms with Gasteiger partial charge in [0.25, 0.3) is 0 Å². The maximum Gasteiger partial charge on any atom is 0.172 e. The number of Topliss-reactive ketones (excluding diaryl/α,β-unsaturated/α-hetero) is 2. The van der Waals surface area contributed by atoms with Gasteiger partial charge in [0.05, 0.1) is 0 Å². The van der Waals surface area contributed by atoms with Crippen molar-refractivity contribution in [2.45, 2.75) is 44.2 Å². The van der Waals surface area contributed by atoms with Crippen molar-refractivity contribution in [3.8, 4) is 0 Å². The highest BCUT2D eigenvalue weighted by atomic mass is 16.8. The number of carbonyl (C=O) groups excluding carboxylic acids is 2. The van der Waals surface area contributed by atoms with Gasteiger partial charge in [-0.25, -0.2) is 0 Å². The van der Waals surface area contributed by atoms with Gasteiger partial charge in [-0.15, -0.1) is 6.58 Å². The van der Waals surface area contributed by atoms with Crippen LogP contribution in [0.2, 0.25) is 0 Å². The maximum atomic E-state index is 13.2. The molecule has 6 atom stereocenters. The molecule has 4 nitrogen and oxygen atoms in total. The van der Waals surface area contributed by atoms with Gasteiger partial charge >= 0.3 is 0 Å². The van der Waals surface area contributed by atoms with Crippen molar-refractivity contribution in [2.24, 2.45) is 23.7 Å². The molecule has 3 fully saturated rings. The SMILES string of the molecule is C=CCC12OC(C)(C)OC1C(=O)C1C3C=CC(C3)C1C2=O. The van der Waals surface area contributed by atoms with Crippen LogP contribution in [-0.2, 0) is 19.1 Å². The highest BCUT2D eigenvalue weighted by molar-refractivity contribution is 6.07. The van der Waals surface area contributed by atoms with Crippen LogP contribution in [0.4, 0.5) is 0 Å². The van der Waals surface area contributed by atoms with Crippen LogP contribution in [0.25, 0.3) is 0 Å². The summed E-state index contributed by atoms with van der Waals surface area (Å²) in [6.07, 6.45) is 6.31. The standard InChI is InChI=1S/C17H20O4/c1-4-7-17-14(19)12-10-6-5-9(8-10)11(12)13(18)15(17)20-16(2,3)21-17/h4-6,9-12,15H,1,7-8H2,2-3H3. The van der Waals surface area contributed by atoms with Crippen LogP contribution in [0, 0.1) is 23.7 Å². The van der Waals surface area contributed by atoms with Gasteiger partial charge < -0.3 is 9.47 Å². The lowest BCUT2D eigenvalue weighted by atomic mass is 9.63. The molecular formula is C17H20O4. The Labute approximate surface area is 124 Å². The van der Waals surface area contributed by atoms with Crippen molar-refractivity contribution in [1.29, 1.82) is 0 Å². The summed E-state index contributed by atoms with van der Waals surface area (Å²) in [7, 11) is 0. The van der Waals surface area contributed by atoms with Crippen molar-refractivity contribution < 1.29 is 19.1 Å². The average Bonchev–Trinajstić information content (AvgIpc) is 3.07. The molecule has 1 heterocycles. The molecule has 0 radical (unpaired) electrons. The molecule has 1 saturated heterocycles. The smallest absolute Gasteiger partial charge is 0.172 e. The molecule has 0 aromatic carbocycles. The minimum Gasteiger partial charge on any atom is -0.336 e. The summed E-state index contributed by atoms with van der Waals surface area (Å²) in [6, 6.07) is 0. The molecule has 0 amide bonds. The summed E-state index contributed by atoms with van der Waals surface area (Å²) in [4.78, 5) is 26.2. The first-order chi connectivity index (χ1) is 9.89. The largest absolute Gasteiger partial charge is 0.336 e. The lowest BCUT2D eigenvalue weighted by molar-refractivity contribution is -0.174. The molecule has 4 rings (SSSR count). The van der Waals surface area contributed by atoms with Crippen molar-refractivity contribution >= 4 is 11.6 Å². The Kier molecular flexibility index (Phi) is 2.51. The fraction of sp³-hybridized carbons (Fsp3) is 0.647. The normalized spacial score (nSPS) is 49.3. The minimum absolute atomic E-state index is 0.0411. The molecule has 0 spiro atoms. The predicted octanol–water partition coefficient (Wildman–Crippen LogP) is 2.04. The van der Waals surface area contributed by atoms with Crippen molar-refractivity contribution in [3.63, 3.8) is 0 Å². The minimum atomic E-state index is -1.16. The monoisotopic (exact) mass is 288 g/mol. The highest BCUT2D eigenvalue weighted by Gasteiger charge is 2.70. The molecule has 1 aliphatic heterocycles. The van der Waals surface area contributed by atoms with Gasteiger partial charge in [0.2, 0.25) is 0 Å². The number of carbonyl (C=O) groups is 2. The Hall–Kier alpha value is -1.26. The lowest BCUT2D eigenvalue weighted by Crippen LogP contribution is -2.62. The first-order valence-electron chi connectivity index (χ1n) is 7.65. The van der Waals surface area contributed by atoms with Gasteiger partial charge in [0, 0.05) is 18.3 Å². The number of rotatable bonds is 2. The molecule has 2 bridgehead atoms. The summed E-state index contributed by atoms with van der Waals surface area (Å²) >= 11 is 0. The Morgan fingerprint density at radius 1 is 1.29 bits per heavy atom. The molecule has 21 heavy (non-hydrogen) atoms. The van der Waals surface area contributed by atoms with E-state index in [1.807, 2.05) is 0 Å². The lowest BCUT2D eigenvalue weighted by Gasteiger charge is -2.42. The fourth-order valence-corrected chi connectivity index (χ4v) is 4.85. The summed E-state index contributed by atoms with van der Waals surface area (Å²) in [5.74, 6) is -0.890. The van der Waals surface area contributed by atoms with Crippen LogP contribution in [0.1, 0.15) is 26.7 Å². The number of hydrogen-bond donors (Lipinski definition) is 0. The Morgan fingerprint density at radius 3 is 2.62 bits per heavy atom. The van der Waals surface area contributed by atoms with Gasteiger partial charge in [0.15, 0.2) is 29.1 Å². The predicted molar refractivity (Wildman–Crippen MR) is 75.3 cm³/mol. The summed E-state index contributed by atoms with van der Waals surface area (Å²) in [5.41, 5.74) is -1.16. The van der Waals surface area contributed by atoms with E-state index in [1.165, 1.54) is 0 Å². The highest BCUT2D eigenvalue weighted by Crippen LogP contribution is 2.57. The second-order valence-corrected chi connectivity index (χ2v) is 7.15. The maximum absolute atomic E-state index is 13.2. The summed E-state index contributed by atoms with van der Waals surface area (Å²) in [6.45, 7) is 7.26.